The summed E-state index contributed by atoms with van der Waals surface area (Å²) in [5.74, 6) is -0.231. The highest BCUT2D eigenvalue weighted by molar-refractivity contribution is 5.72. The molecule has 0 unspecified atom stereocenters. The van der Waals surface area contributed by atoms with Crippen LogP contribution in [0.3, 0.4) is 0 Å². The maximum absolute atomic E-state index is 12.4. The molecule has 1 saturated heterocycles. The van der Waals surface area contributed by atoms with Crippen LogP contribution in [0.1, 0.15) is 43.0 Å². The fraction of sp³-hybridized carbons (Fsp3) is 0.429. The molecule has 1 aliphatic carbocycles. The molecule has 0 bridgehead atoms. The lowest BCUT2D eigenvalue weighted by atomic mass is 9.93. The highest BCUT2D eigenvalue weighted by Crippen LogP contribution is 2.33. The van der Waals surface area contributed by atoms with E-state index in [0.29, 0.717) is 5.58 Å². The van der Waals surface area contributed by atoms with Gasteiger partial charge in [0.15, 0.2) is 5.58 Å². The number of anilines is 1. The molecular weight excluding hydrogens is 326 g/mol. The van der Waals surface area contributed by atoms with E-state index in [2.05, 4.69) is 16.0 Å². The van der Waals surface area contributed by atoms with E-state index in [9.17, 15) is 4.79 Å². The molecule has 0 amide bonds. The van der Waals surface area contributed by atoms with Gasteiger partial charge in [-0.15, -0.1) is 0 Å². The Kier molecular flexibility index (Phi) is 3.80. The van der Waals surface area contributed by atoms with E-state index in [1.165, 1.54) is 29.8 Å². The van der Waals surface area contributed by atoms with E-state index in [-0.39, 0.29) is 11.8 Å². The number of pyridine rings is 1. The summed E-state index contributed by atoms with van der Waals surface area (Å²) < 4.78 is 7.28. The number of nitrogens with zero attached hydrogens (tertiary/aromatic N) is 3. The van der Waals surface area contributed by atoms with Crippen LogP contribution in [0.15, 0.2) is 45.7 Å². The number of fused-ring (bicyclic) bond motifs is 2. The molecule has 1 fully saturated rings. The van der Waals surface area contributed by atoms with Gasteiger partial charge in [-0.25, -0.2) is 4.79 Å². The van der Waals surface area contributed by atoms with E-state index in [1.807, 2.05) is 35.0 Å². The molecule has 0 N–H and O–H groups in total. The Hall–Kier alpha value is -2.56. The van der Waals surface area contributed by atoms with Gasteiger partial charge in [0.05, 0.1) is 5.52 Å². The zero-order chi connectivity index (χ0) is 17.5. The average molecular weight is 349 g/mol. The van der Waals surface area contributed by atoms with Crippen molar-refractivity contribution in [3.8, 4) is 0 Å². The van der Waals surface area contributed by atoms with Crippen LogP contribution in [0.4, 0.5) is 5.69 Å². The molecule has 3 aromatic rings. The van der Waals surface area contributed by atoms with Crippen LogP contribution in [0.5, 0.6) is 0 Å². The van der Waals surface area contributed by atoms with Crippen molar-refractivity contribution in [2.45, 2.75) is 44.6 Å². The zero-order valence-electron chi connectivity index (χ0n) is 14.9. The summed E-state index contributed by atoms with van der Waals surface area (Å²) in [5, 5.41) is 0. The molecule has 5 nitrogen and oxygen atoms in total. The van der Waals surface area contributed by atoms with Crippen LogP contribution in [0.25, 0.3) is 11.1 Å². The summed E-state index contributed by atoms with van der Waals surface area (Å²) in [6, 6.07) is 10.1. The van der Waals surface area contributed by atoms with Crippen LogP contribution < -0.4 is 10.7 Å². The molecule has 5 heteroatoms. The van der Waals surface area contributed by atoms with Crippen molar-refractivity contribution in [3.63, 3.8) is 0 Å². The number of hydrogen-bond donors (Lipinski definition) is 0. The lowest BCUT2D eigenvalue weighted by molar-refractivity contribution is 0.370. The van der Waals surface area contributed by atoms with Crippen molar-refractivity contribution >= 4 is 16.8 Å². The first-order valence-electron chi connectivity index (χ1n) is 9.63. The minimum absolute atomic E-state index is 0.208. The van der Waals surface area contributed by atoms with Crippen molar-refractivity contribution in [3.05, 3.63) is 58.3 Å². The smallest absolute Gasteiger partial charge is 0.408 e. The van der Waals surface area contributed by atoms with Gasteiger partial charge in [0.25, 0.3) is 0 Å². The Morgan fingerprint density at radius 2 is 1.85 bits per heavy atom. The van der Waals surface area contributed by atoms with E-state index in [1.54, 1.807) is 0 Å². The van der Waals surface area contributed by atoms with Gasteiger partial charge in [-0.1, -0.05) is 12.1 Å². The average Bonchev–Trinajstić information content (AvgIpc) is 3.03. The summed E-state index contributed by atoms with van der Waals surface area (Å²) in [6.07, 6.45) is 8.64. The van der Waals surface area contributed by atoms with Crippen molar-refractivity contribution in [2.24, 2.45) is 0 Å². The number of benzene rings is 1. The minimum atomic E-state index is -0.231. The van der Waals surface area contributed by atoms with Gasteiger partial charge in [0.2, 0.25) is 0 Å². The third-order valence-corrected chi connectivity index (χ3v) is 5.90. The Morgan fingerprint density at radius 3 is 2.73 bits per heavy atom. The second-order valence-corrected chi connectivity index (χ2v) is 7.39. The molecule has 5 rings (SSSR count). The highest BCUT2D eigenvalue weighted by Gasteiger charge is 2.26. The van der Waals surface area contributed by atoms with Crippen molar-refractivity contribution in [1.82, 2.24) is 9.55 Å². The molecule has 1 aromatic carbocycles. The van der Waals surface area contributed by atoms with Gasteiger partial charge >= 0.3 is 5.76 Å². The molecule has 2 aromatic heterocycles. The van der Waals surface area contributed by atoms with Crippen LogP contribution in [0, 0.1) is 0 Å². The van der Waals surface area contributed by atoms with Crippen molar-refractivity contribution in [1.29, 1.82) is 0 Å². The standard InChI is InChI=1S/C21H23N3O2/c25-21-24(19-7-3-4-8-20(19)26-21)15-10-13-23(14-11-15)18-9-12-22-17-6-2-1-5-16(17)18/h3-4,7-9,12,15H,1-2,5-6,10-11,13-14H2. The summed E-state index contributed by atoms with van der Waals surface area (Å²) >= 11 is 0. The van der Waals surface area contributed by atoms with Crippen LogP contribution in [-0.4, -0.2) is 22.6 Å². The first-order valence-corrected chi connectivity index (χ1v) is 9.63. The Balaban J connectivity index is 1.40. The number of aromatic nitrogens is 2. The lowest BCUT2D eigenvalue weighted by Gasteiger charge is -2.35. The number of hydrogen-bond acceptors (Lipinski definition) is 4. The highest BCUT2D eigenvalue weighted by atomic mass is 16.4. The molecule has 2 aliphatic rings. The van der Waals surface area contributed by atoms with Gasteiger partial charge in [-0.3, -0.25) is 9.55 Å². The number of piperidine rings is 1. The molecule has 0 radical (unpaired) electrons. The molecule has 1 aliphatic heterocycles. The Labute approximate surface area is 152 Å². The quantitative estimate of drug-likeness (QED) is 0.708. The summed E-state index contributed by atoms with van der Waals surface area (Å²) in [6.45, 7) is 1.93. The number of rotatable bonds is 2. The first-order chi connectivity index (χ1) is 12.8. The normalized spacial score (nSPS) is 18.2. The molecule has 134 valence electrons. The van der Waals surface area contributed by atoms with E-state index in [4.69, 9.17) is 4.42 Å². The first kappa shape index (κ1) is 15.7. The Morgan fingerprint density at radius 1 is 1.04 bits per heavy atom. The fourth-order valence-corrected chi connectivity index (χ4v) is 4.60. The number of oxazole rings is 1. The Bertz CT molecular complexity index is 996. The second kappa shape index (κ2) is 6.31. The fourth-order valence-electron chi connectivity index (χ4n) is 4.60. The van der Waals surface area contributed by atoms with Crippen molar-refractivity contribution < 1.29 is 4.42 Å². The predicted molar refractivity (Wildman–Crippen MR) is 102 cm³/mol. The van der Waals surface area contributed by atoms with Gasteiger partial charge < -0.3 is 9.32 Å². The summed E-state index contributed by atoms with van der Waals surface area (Å²) in [4.78, 5) is 19.4. The zero-order valence-corrected chi connectivity index (χ0v) is 14.9. The maximum Gasteiger partial charge on any atom is 0.420 e. The summed E-state index contributed by atoms with van der Waals surface area (Å²) in [7, 11) is 0. The monoisotopic (exact) mass is 349 g/mol. The third kappa shape index (κ3) is 2.54. The van der Waals surface area contributed by atoms with E-state index in [0.717, 1.165) is 44.3 Å². The molecular formula is C21H23N3O2. The van der Waals surface area contributed by atoms with Gasteiger partial charge in [-0.05, 0) is 62.3 Å². The van der Waals surface area contributed by atoms with Crippen LogP contribution in [0.2, 0.25) is 0 Å². The largest absolute Gasteiger partial charge is 0.420 e. The van der Waals surface area contributed by atoms with Gasteiger partial charge in [-0.2, -0.15) is 0 Å². The SMILES string of the molecule is O=c1oc2ccccc2n1C1CCN(c2ccnc3c2CCCC3)CC1. The van der Waals surface area contributed by atoms with E-state index >= 15 is 0 Å². The maximum atomic E-state index is 12.4. The van der Waals surface area contributed by atoms with Gasteiger partial charge in [0.1, 0.15) is 0 Å². The molecule has 3 heterocycles. The third-order valence-electron chi connectivity index (χ3n) is 5.90. The minimum Gasteiger partial charge on any atom is -0.408 e. The molecule has 26 heavy (non-hydrogen) atoms. The van der Waals surface area contributed by atoms with Gasteiger partial charge in [0, 0.05) is 36.7 Å². The van der Waals surface area contributed by atoms with Crippen LogP contribution in [-0.2, 0) is 12.8 Å². The summed E-state index contributed by atoms with van der Waals surface area (Å²) in [5.41, 5.74) is 5.69. The molecule has 0 atom stereocenters. The lowest BCUT2D eigenvalue weighted by Crippen LogP contribution is -2.37. The molecule has 0 saturated carbocycles. The molecule has 0 spiro atoms. The number of aryl methyl sites for hydroxylation is 1. The van der Waals surface area contributed by atoms with E-state index < -0.39 is 0 Å². The second-order valence-electron chi connectivity index (χ2n) is 7.39. The number of para-hydroxylation sites is 2. The topological polar surface area (TPSA) is 51.3 Å². The van der Waals surface area contributed by atoms with Crippen molar-refractivity contribution in [2.75, 3.05) is 18.0 Å². The van der Waals surface area contributed by atoms with Crippen LogP contribution >= 0.6 is 0 Å². The predicted octanol–water partition coefficient (Wildman–Crippen LogP) is 3.71.